The van der Waals surface area contributed by atoms with Gasteiger partial charge in [-0.05, 0) is 63.0 Å². The minimum absolute atomic E-state index is 0.624. The van der Waals surface area contributed by atoms with Crippen LogP contribution in [0.15, 0.2) is 18.3 Å². The van der Waals surface area contributed by atoms with Crippen molar-refractivity contribution in [3.8, 4) is 11.4 Å². The van der Waals surface area contributed by atoms with Gasteiger partial charge in [-0.1, -0.05) is 11.6 Å². The van der Waals surface area contributed by atoms with E-state index in [1.807, 2.05) is 6.20 Å². The van der Waals surface area contributed by atoms with E-state index in [0.717, 1.165) is 41.7 Å². The quantitative estimate of drug-likeness (QED) is 0.677. The maximum absolute atomic E-state index is 4.63. The second-order valence-electron chi connectivity index (χ2n) is 6.36. The predicted octanol–water partition coefficient (Wildman–Crippen LogP) is 2.40. The number of tetrazole rings is 1. The van der Waals surface area contributed by atoms with Crippen LogP contribution >= 0.6 is 0 Å². The Hall–Kier alpha value is -2.54. The molecule has 7 nitrogen and oxygen atoms in total. The first-order chi connectivity index (χ1) is 11.6. The predicted molar refractivity (Wildman–Crippen MR) is 96.0 cm³/mol. The fourth-order valence-corrected chi connectivity index (χ4v) is 2.91. The molecule has 0 atom stereocenters. The molecule has 126 valence electrons. The summed E-state index contributed by atoms with van der Waals surface area (Å²) in [6.45, 7) is 6.10. The molecule has 2 aromatic heterocycles. The number of hydrogen-bond acceptors (Lipinski definition) is 6. The summed E-state index contributed by atoms with van der Waals surface area (Å²) in [5, 5.41) is 18.9. The molecule has 0 amide bonds. The average Bonchev–Trinajstić information content (AvgIpc) is 3.05. The summed E-state index contributed by atoms with van der Waals surface area (Å²) < 4.78 is 0. The Kier molecular flexibility index (Phi) is 4.71. The maximum Gasteiger partial charge on any atom is 0.183 e. The molecular formula is C17H23N7. The number of aromatic amines is 1. The molecule has 1 aromatic carbocycles. The Morgan fingerprint density at radius 1 is 1.21 bits per heavy atom. The number of anilines is 1. The Bertz CT molecular complexity index is 825. The highest BCUT2D eigenvalue weighted by Gasteiger charge is 2.14. The van der Waals surface area contributed by atoms with Gasteiger partial charge in [0.1, 0.15) is 0 Å². The molecule has 3 aromatic rings. The first kappa shape index (κ1) is 16.3. The van der Waals surface area contributed by atoms with Gasteiger partial charge in [0.25, 0.3) is 0 Å². The number of aryl methyl sites for hydroxylation is 2. The second-order valence-corrected chi connectivity index (χ2v) is 6.36. The van der Waals surface area contributed by atoms with Crippen LogP contribution in [0.5, 0.6) is 0 Å². The molecule has 2 heterocycles. The van der Waals surface area contributed by atoms with E-state index in [4.69, 9.17) is 0 Å². The van der Waals surface area contributed by atoms with Crippen molar-refractivity contribution < 1.29 is 0 Å². The summed E-state index contributed by atoms with van der Waals surface area (Å²) in [6, 6.07) is 4.32. The molecule has 3 rings (SSSR count). The molecule has 24 heavy (non-hydrogen) atoms. The fourth-order valence-electron chi connectivity index (χ4n) is 2.91. The number of nitrogens with zero attached hydrogens (tertiary/aromatic N) is 5. The molecule has 0 spiro atoms. The topological polar surface area (TPSA) is 82.6 Å². The smallest absolute Gasteiger partial charge is 0.183 e. The van der Waals surface area contributed by atoms with Crippen molar-refractivity contribution in [1.82, 2.24) is 30.5 Å². The average molecular weight is 325 g/mol. The van der Waals surface area contributed by atoms with Gasteiger partial charge in [0.15, 0.2) is 5.82 Å². The van der Waals surface area contributed by atoms with Gasteiger partial charge in [-0.3, -0.25) is 4.98 Å². The summed E-state index contributed by atoms with van der Waals surface area (Å²) in [6.07, 6.45) is 2.89. The van der Waals surface area contributed by atoms with Crippen LogP contribution in [0.1, 0.15) is 17.5 Å². The molecule has 0 aliphatic heterocycles. The largest absolute Gasteiger partial charge is 0.384 e. The highest BCUT2D eigenvalue weighted by Crippen LogP contribution is 2.33. The van der Waals surface area contributed by atoms with E-state index in [-0.39, 0.29) is 0 Å². The van der Waals surface area contributed by atoms with E-state index < -0.39 is 0 Å². The molecule has 0 radical (unpaired) electrons. The lowest BCUT2D eigenvalue weighted by Gasteiger charge is -2.16. The molecule has 0 aliphatic rings. The van der Waals surface area contributed by atoms with Gasteiger partial charge in [-0.15, -0.1) is 5.10 Å². The number of benzene rings is 1. The van der Waals surface area contributed by atoms with Crippen molar-refractivity contribution in [2.75, 3.05) is 32.5 Å². The lowest BCUT2D eigenvalue weighted by Crippen LogP contribution is -2.16. The summed E-state index contributed by atoms with van der Waals surface area (Å²) >= 11 is 0. The van der Waals surface area contributed by atoms with E-state index >= 15 is 0 Å². The standard InChI is InChI=1S/C17H23N7/c1-11-8-12(2)15-13(9-11)16(18-6-5-7-24(3)4)14(10-19-15)17-20-22-23-21-17/h8-10H,5-7H2,1-4H3,(H,18,19)(H,20,21,22,23). The number of pyridine rings is 1. The number of rotatable bonds is 6. The number of nitrogens with one attached hydrogen (secondary N) is 2. The Balaban J connectivity index is 2.04. The number of H-pyrrole nitrogens is 1. The number of fused-ring (bicyclic) bond motifs is 1. The Morgan fingerprint density at radius 2 is 2.04 bits per heavy atom. The normalized spacial score (nSPS) is 11.4. The highest BCUT2D eigenvalue weighted by atomic mass is 15.5. The lowest BCUT2D eigenvalue weighted by molar-refractivity contribution is 0.405. The summed E-state index contributed by atoms with van der Waals surface area (Å²) in [7, 11) is 4.17. The molecule has 0 bridgehead atoms. The van der Waals surface area contributed by atoms with Crippen LogP contribution in [0.25, 0.3) is 22.3 Å². The van der Waals surface area contributed by atoms with Crippen LogP contribution in [0.4, 0.5) is 5.69 Å². The van der Waals surface area contributed by atoms with E-state index in [1.54, 1.807) is 0 Å². The molecule has 0 fully saturated rings. The van der Waals surface area contributed by atoms with E-state index in [9.17, 15) is 0 Å². The SMILES string of the molecule is Cc1cc(C)c2ncc(-c3nnn[nH]3)c(NCCCN(C)C)c2c1. The molecular weight excluding hydrogens is 302 g/mol. The van der Waals surface area contributed by atoms with Gasteiger partial charge in [0, 0.05) is 18.1 Å². The van der Waals surface area contributed by atoms with Crippen molar-refractivity contribution in [2.24, 2.45) is 0 Å². The van der Waals surface area contributed by atoms with Gasteiger partial charge in [-0.25, -0.2) is 5.10 Å². The zero-order valence-electron chi connectivity index (χ0n) is 14.6. The third-order valence-corrected chi connectivity index (χ3v) is 3.99. The number of hydrogen-bond donors (Lipinski definition) is 2. The highest BCUT2D eigenvalue weighted by molar-refractivity contribution is 5.99. The molecule has 0 aliphatic carbocycles. The molecule has 0 saturated carbocycles. The third-order valence-electron chi connectivity index (χ3n) is 3.99. The zero-order chi connectivity index (χ0) is 17.1. The van der Waals surface area contributed by atoms with E-state index in [2.05, 4.69) is 75.9 Å². The Morgan fingerprint density at radius 3 is 2.75 bits per heavy atom. The summed E-state index contributed by atoms with van der Waals surface area (Å²) in [5.41, 5.74) is 5.31. The van der Waals surface area contributed by atoms with Gasteiger partial charge in [0.05, 0.1) is 16.8 Å². The van der Waals surface area contributed by atoms with Crippen molar-refractivity contribution in [2.45, 2.75) is 20.3 Å². The van der Waals surface area contributed by atoms with Gasteiger partial charge in [0.2, 0.25) is 0 Å². The van der Waals surface area contributed by atoms with Crippen LogP contribution in [0.3, 0.4) is 0 Å². The zero-order valence-corrected chi connectivity index (χ0v) is 14.6. The minimum atomic E-state index is 0.624. The monoisotopic (exact) mass is 325 g/mol. The van der Waals surface area contributed by atoms with Crippen molar-refractivity contribution in [3.05, 3.63) is 29.5 Å². The molecule has 2 N–H and O–H groups in total. The van der Waals surface area contributed by atoms with Crippen molar-refractivity contribution >= 4 is 16.6 Å². The van der Waals surface area contributed by atoms with Crippen molar-refractivity contribution in [1.29, 1.82) is 0 Å². The second kappa shape index (κ2) is 6.92. The summed E-state index contributed by atoms with van der Waals surface area (Å²) in [4.78, 5) is 6.81. The molecule has 0 saturated heterocycles. The van der Waals surface area contributed by atoms with Crippen LogP contribution in [-0.4, -0.2) is 57.7 Å². The van der Waals surface area contributed by atoms with Gasteiger partial charge in [-0.2, -0.15) is 0 Å². The van der Waals surface area contributed by atoms with Crippen LogP contribution in [0.2, 0.25) is 0 Å². The summed E-state index contributed by atoms with van der Waals surface area (Å²) in [5.74, 6) is 0.624. The van der Waals surface area contributed by atoms with E-state index in [1.165, 1.54) is 11.1 Å². The van der Waals surface area contributed by atoms with Gasteiger partial charge < -0.3 is 10.2 Å². The minimum Gasteiger partial charge on any atom is -0.384 e. The number of aromatic nitrogens is 5. The van der Waals surface area contributed by atoms with Gasteiger partial charge >= 0.3 is 0 Å². The van der Waals surface area contributed by atoms with Crippen LogP contribution < -0.4 is 5.32 Å². The molecule has 7 heteroatoms. The van der Waals surface area contributed by atoms with Crippen LogP contribution in [0, 0.1) is 13.8 Å². The molecule has 0 unspecified atom stereocenters. The fraction of sp³-hybridized carbons (Fsp3) is 0.412. The van der Waals surface area contributed by atoms with Crippen LogP contribution in [-0.2, 0) is 0 Å². The first-order valence-electron chi connectivity index (χ1n) is 8.09. The Labute approximate surface area is 141 Å². The van der Waals surface area contributed by atoms with E-state index in [0.29, 0.717) is 5.82 Å². The third kappa shape index (κ3) is 3.35. The lowest BCUT2D eigenvalue weighted by atomic mass is 10.0. The maximum atomic E-state index is 4.63. The van der Waals surface area contributed by atoms with Crippen molar-refractivity contribution in [3.63, 3.8) is 0 Å². The first-order valence-corrected chi connectivity index (χ1v) is 8.09.